The quantitative estimate of drug-likeness (QED) is 0.388. The number of hydrogen-bond donors (Lipinski definition) is 2. The summed E-state index contributed by atoms with van der Waals surface area (Å²) in [5, 5.41) is 18.0. The summed E-state index contributed by atoms with van der Waals surface area (Å²) in [6.45, 7) is 0. The van der Waals surface area contributed by atoms with Crippen LogP contribution in [0.3, 0.4) is 0 Å². The van der Waals surface area contributed by atoms with Crippen LogP contribution in [0.25, 0.3) is 0 Å². The van der Waals surface area contributed by atoms with Gasteiger partial charge in [-0.25, -0.2) is 9.97 Å². The van der Waals surface area contributed by atoms with Crippen molar-refractivity contribution in [2.45, 2.75) is 0 Å². The van der Waals surface area contributed by atoms with Crippen LogP contribution in [0.5, 0.6) is 5.75 Å². The smallest absolute Gasteiger partial charge is 0.353 e. The molecule has 1 heterocycles. The molecular formula is C17H13BrClN5O3. The Morgan fingerprint density at radius 1 is 1.15 bits per heavy atom. The van der Waals surface area contributed by atoms with Crippen molar-refractivity contribution >= 4 is 56.2 Å². The normalized spacial score (nSPS) is 10.3. The Labute approximate surface area is 167 Å². The third-order valence-electron chi connectivity index (χ3n) is 3.51. The van der Waals surface area contributed by atoms with E-state index >= 15 is 0 Å². The zero-order valence-electron chi connectivity index (χ0n) is 13.9. The van der Waals surface area contributed by atoms with Gasteiger partial charge in [0.25, 0.3) is 0 Å². The number of hydrogen-bond acceptors (Lipinski definition) is 7. The minimum absolute atomic E-state index is 0.00747. The molecule has 10 heteroatoms. The van der Waals surface area contributed by atoms with Crippen molar-refractivity contribution in [3.8, 4) is 5.75 Å². The highest BCUT2D eigenvalue weighted by molar-refractivity contribution is 9.10. The molecular weight excluding hydrogens is 438 g/mol. The van der Waals surface area contributed by atoms with Gasteiger partial charge in [0.1, 0.15) is 12.1 Å². The Morgan fingerprint density at radius 2 is 1.89 bits per heavy atom. The van der Waals surface area contributed by atoms with E-state index in [1.54, 1.807) is 36.4 Å². The zero-order valence-corrected chi connectivity index (χ0v) is 16.3. The van der Waals surface area contributed by atoms with Gasteiger partial charge in [0, 0.05) is 15.2 Å². The molecule has 8 nitrogen and oxygen atoms in total. The molecule has 3 aromatic rings. The highest BCUT2D eigenvalue weighted by Gasteiger charge is 2.24. The average Bonchev–Trinajstić information content (AvgIpc) is 2.62. The van der Waals surface area contributed by atoms with Gasteiger partial charge in [-0.1, -0.05) is 33.6 Å². The fourth-order valence-corrected chi connectivity index (χ4v) is 2.91. The molecule has 2 aromatic carbocycles. The van der Waals surface area contributed by atoms with E-state index in [0.29, 0.717) is 22.1 Å². The van der Waals surface area contributed by atoms with Crippen LogP contribution in [-0.4, -0.2) is 22.0 Å². The van der Waals surface area contributed by atoms with E-state index in [1.165, 1.54) is 13.4 Å². The van der Waals surface area contributed by atoms with Gasteiger partial charge in [0.05, 0.1) is 17.7 Å². The molecule has 0 spiro atoms. The van der Waals surface area contributed by atoms with Crippen LogP contribution < -0.4 is 15.4 Å². The summed E-state index contributed by atoms with van der Waals surface area (Å²) in [6, 6.07) is 12.1. The van der Waals surface area contributed by atoms with Gasteiger partial charge >= 0.3 is 5.69 Å². The number of nitrogens with one attached hydrogen (secondary N) is 2. The van der Waals surface area contributed by atoms with Gasteiger partial charge < -0.3 is 15.4 Å². The lowest BCUT2D eigenvalue weighted by Gasteiger charge is -2.13. The fraction of sp³-hybridized carbons (Fsp3) is 0.0588. The van der Waals surface area contributed by atoms with Crippen LogP contribution >= 0.6 is 27.5 Å². The summed E-state index contributed by atoms with van der Waals surface area (Å²) >= 11 is 9.38. The lowest BCUT2D eigenvalue weighted by Crippen LogP contribution is -2.06. The molecule has 138 valence electrons. The minimum atomic E-state index is -0.556. The summed E-state index contributed by atoms with van der Waals surface area (Å²) in [4.78, 5) is 19.2. The molecule has 0 radical (unpaired) electrons. The number of rotatable bonds is 6. The van der Waals surface area contributed by atoms with Gasteiger partial charge in [-0.2, -0.15) is 0 Å². The molecule has 1 aromatic heterocycles. The van der Waals surface area contributed by atoms with Crippen molar-refractivity contribution < 1.29 is 9.66 Å². The largest absolute Gasteiger partial charge is 0.495 e. The average molecular weight is 451 g/mol. The van der Waals surface area contributed by atoms with Crippen LogP contribution in [0.15, 0.2) is 53.3 Å². The summed E-state index contributed by atoms with van der Waals surface area (Å²) in [5.41, 5.74) is 0.775. The van der Waals surface area contributed by atoms with Crippen molar-refractivity contribution in [3.63, 3.8) is 0 Å². The zero-order chi connectivity index (χ0) is 19.4. The first-order valence-corrected chi connectivity index (χ1v) is 8.77. The second kappa shape index (κ2) is 8.19. The van der Waals surface area contributed by atoms with Crippen molar-refractivity contribution in [1.29, 1.82) is 0 Å². The summed E-state index contributed by atoms with van der Waals surface area (Å²) < 4.78 is 6.08. The maximum Gasteiger partial charge on any atom is 0.353 e. The number of anilines is 4. The summed E-state index contributed by atoms with van der Waals surface area (Å²) in [5.74, 6) is 0.526. The summed E-state index contributed by atoms with van der Waals surface area (Å²) in [7, 11) is 1.49. The first-order valence-electron chi connectivity index (χ1n) is 7.60. The number of ether oxygens (including phenoxy) is 1. The molecule has 0 aliphatic heterocycles. The Bertz CT molecular complexity index is 1000. The standard InChI is InChI=1S/C17H13BrClN5O3/c1-27-14-6-5-11(19)8-13(14)23-17-15(24(25)26)16(20-9-21-17)22-12-4-2-3-10(18)7-12/h2-9H,1H3,(H2,20,21,22,23). The molecule has 0 aliphatic rings. The van der Waals surface area contributed by atoms with Crippen LogP contribution in [0.2, 0.25) is 5.02 Å². The monoisotopic (exact) mass is 449 g/mol. The number of aromatic nitrogens is 2. The number of methoxy groups -OCH3 is 1. The van der Waals surface area contributed by atoms with Crippen LogP contribution in [-0.2, 0) is 0 Å². The van der Waals surface area contributed by atoms with Gasteiger partial charge in [-0.3, -0.25) is 10.1 Å². The molecule has 27 heavy (non-hydrogen) atoms. The molecule has 0 saturated heterocycles. The van der Waals surface area contributed by atoms with Crippen LogP contribution in [0.4, 0.5) is 28.7 Å². The molecule has 0 atom stereocenters. The van der Waals surface area contributed by atoms with Crippen LogP contribution in [0.1, 0.15) is 0 Å². The first kappa shape index (κ1) is 18.9. The predicted molar refractivity (Wildman–Crippen MR) is 107 cm³/mol. The highest BCUT2D eigenvalue weighted by Crippen LogP contribution is 2.36. The third kappa shape index (κ3) is 4.44. The summed E-state index contributed by atoms with van der Waals surface area (Å²) in [6.07, 6.45) is 1.23. The molecule has 0 fully saturated rings. The molecule has 0 unspecified atom stereocenters. The van der Waals surface area contributed by atoms with E-state index in [4.69, 9.17) is 16.3 Å². The lowest BCUT2D eigenvalue weighted by atomic mass is 10.2. The van der Waals surface area contributed by atoms with Crippen molar-refractivity contribution in [3.05, 3.63) is 68.4 Å². The van der Waals surface area contributed by atoms with Crippen molar-refractivity contribution in [2.75, 3.05) is 17.7 Å². The fourth-order valence-electron chi connectivity index (χ4n) is 2.34. The Morgan fingerprint density at radius 3 is 2.56 bits per heavy atom. The molecule has 2 N–H and O–H groups in total. The van der Waals surface area contributed by atoms with Crippen molar-refractivity contribution in [1.82, 2.24) is 9.97 Å². The lowest BCUT2D eigenvalue weighted by molar-refractivity contribution is -0.383. The van der Waals surface area contributed by atoms with Gasteiger partial charge in [0.2, 0.25) is 11.6 Å². The van der Waals surface area contributed by atoms with Crippen LogP contribution in [0, 0.1) is 10.1 Å². The minimum Gasteiger partial charge on any atom is -0.495 e. The highest BCUT2D eigenvalue weighted by atomic mass is 79.9. The van der Waals surface area contributed by atoms with Gasteiger partial charge in [-0.05, 0) is 36.4 Å². The second-order valence-electron chi connectivity index (χ2n) is 5.28. The Hall–Kier alpha value is -2.91. The predicted octanol–water partition coefficient (Wildman–Crippen LogP) is 5.30. The maximum absolute atomic E-state index is 11.7. The van der Waals surface area contributed by atoms with E-state index in [1.807, 2.05) is 6.07 Å². The van der Waals surface area contributed by atoms with E-state index in [-0.39, 0.29) is 17.3 Å². The van der Waals surface area contributed by atoms with Crippen molar-refractivity contribution in [2.24, 2.45) is 0 Å². The number of halogens is 2. The molecule has 0 bridgehead atoms. The first-order chi connectivity index (χ1) is 13.0. The number of benzene rings is 2. The van der Waals surface area contributed by atoms with E-state index in [9.17, 15) is 10.1 Å². The molecule has 0 aliphatic carbocycles. The van der Waals surface area contributed by atoms with E-state index < -0.39 is 4.92 Å². The second-order valence-corrected chi connectivity index (χ2v) is 6.63. The Kier molecular flexibility index (Phi) is 5.72. The maximum atomic E-state index is 11.7. The SMILES string of the molecule is COc1ccc(Cl)cc1Nc1ncnc(Nc2cccc(Br)c2)c1[N+](=O)[O-]. The van der Waals surface area contributed by atoms with E-state index in [0.717, 1.165) is 4.47 Å². The molecule has 0 amide bonds. The number of nitro groups is 1. The van der Waals surface area contributed by atoms with Gasteiger partial charge in [0.15, 0.2) is 0 Å². The Balaban J connectivity index is 2.02. The third-order valence-corrected chi connectivity index (χ3v) is 4.24. The van der Waals surface area contributed by atoms with Gasteiger partial charge in [-0.15, -0.1) is 0 Å². The molecule has 3 rings (SSSR count). The van der Waals surface area contributed by atoms with E-state index in [2.05, 4.69) is 36.5 Å². The topological polar surface area (TPSA) is 102 Å². The number of nitrogens with zero attached hydrogens (tertiary/aromatic N) is 3. The molecule has 0 saturated carbocycles.